The summed E-state index contributed by atoms with van der Waals surface area (Å²) in [5.41, 5.74) is 2.23. The number of imide groups is 2. The maximum absolute atomic E-state index is 14.9. The summed E-state index contributed by atoms with van der Waals surface area (Å²) in [6.07, 6.45) is 37.3. The summed E-state index contributed by atoms with van der Waals surface area (Å²) in [5.74, 6) is -0.873. The SMILES string of the molecule is O=C1c2ccc3c4ccc5c6c(ccc(c7ccc(c2c37)C(=O)N1C(CCCCCCCCCCO)CCCCCCCCCCO)c64)C(=O)N(C(CCCCCCCCCCO)CCCCCCCCCCO)C5=O. The summed E-state index contributed by atoms with van der Waals surface area (Å²) in [6.45, 7) is 1.02. The molecule has 0 atom stereocenters. The van der Waals surface area contributed by atoms with Crippen LogP contribution >= 0.6 is 0 Å². The van der Waals surface area contributed by atoms with Gasteiger partial charge in [-0.15, -0.1) is 0 Å². The molecule has 2 aliphatic rings. The first-order valence-electron chi connectivity index (χ1n) is 30.8. The van der Waals surface area contributed by atoms with E-state index in [9.17, 15) is 19.2 Å². The van der Waals surface area contributed by atoms with Crippen LogP contribution in [0.15, 0.2) is 48.5 Å². The van der Waals surface area contributed by atoms with Crippen molar-refractivity contribution in [2.45, 2.75) is 243 Å². The van der Waals surface area contributed by atoms with Crippen molar-refractivity contribution in [3.8, 4) is 0 Å². The van der Waals surface area contributed by atoms with E-state index in [2.05, 4.69) is 0 Å². The second-order valence-electron chi connectivity index (χ2n) is 22.8. The van der Waals surface area contributed by atoms with Gasteiger partial charge in [-0.2, -0.15) is 0 Å². The van der Waals surface area contributed by atoms with Crippen molar-refractivity contribution in [3.63, 3.8) is 0 Å². The predicted octanol–water partition coefficient (Wildman–Crippen LogP) is 15.7. The Morgan fingerprint density at radius 3 is 0.632 bits per heavy atom. The Balaban J connectivity index is 1.11. The van der Waals surface area contributed by atoms with Gasteiger partial charge in [0.25, 0.3) is 23.6 Å². The smallest absolute Gasteiger partial charge is 0.261 e. The average molecular weight is 1040 g/mol. The molecule has 0 saturated heterocycles. The third-order valence-corrected chi connectivity index (χ3v) is 17.2. The Kier molecular flexibility index (Phi) is 24.8. The van der Waals surface area contributed by atoms with Crippen LogP contribution in [0.1, 0.15) is 273 Å². The highest BCUT2D eigenvalue weighted by Crippen LogP contribution is 2.47. The molecule has 416 valence electrons. The number of rotatable bonds is 42. The third-order valence-electron chi connectivity index (χ3n) is 17.2. The van der Waals surface area contributed by atoms with Gasteiger partial charge in [-0.1, -0.05) is 204 Å². The average Bonchev–Trinajstić information content (AvgIpc) is 3.61. The number of carbonyl (C=O) groups excluding carboxylic acids is 4. The lowest BCUT2D eigenvalue weighted by atomic mass is 9.81. The molecule has 5 aromatic carbocycles. The molecule has 2 aliphatic heterocycles. The zero-order chi connectivity index (χ0) is 53.5. The quantitative estimate of drug-likeness (QED) is 0.0130. The molecule has 0 bridgehead atoms. The molecule has 2 heterocycles. The van der Waals surface area contributed by atoms with Crippen LogP contribution in [0.4, 0.5) is 0 Å². The monoisotopic (exact) mass is 1040 g/mol. The summed E-state index contributed by atoms with van der Waals surface area (Å²) >= 11 is 0. The molecule has 4 amide bonds. The summed E-state index contributed by atoms with van der Waals surface area (Å²) in [4.78, 5) is 62.9. The Morgan fingerprint density at radius 1 is 0.250 bits per heavy atom. The summed E-state index contributed by atoms with van der Waals surface area (Å²) in [5, 5.41) is 43.4. The fourth-order valence-corrected chi connectivity index (χ4v) is 13.0. The van der Waals surface area contributed by atoms with Crippen LogP contribution in [0.2, 0.25) is 0 Å². The molecule has 0 spiro atoms. The number of aliphatic hydroxyl groups is 4. The number of nitrogens with zero attached hydrogens (tertiary/aromatic N) is 2. The van der Waals surface area contributed by atoms with E-state index < -0.39 is 0 Å². The highest BCUT2D eigenvalue weighted by Gasteiger charge is 2.40. The molecule has 0 saturated carbocycles. The van der Waals surface area contributed by atoms with Gasteiger partial charge in [-0.3, -0.25) is 29.0 Å². The molecule has 76 heavy (non-hydrogen) atoms. The van der Waals surface area contributed by atoms with E-state index in [1.165, 1.54) is 25.7 Å². The van der Waals surface area contributed by atoms with E-state index in [1.54, 1.807) is 9.80 Å². The number of fused-ring (bicyclic) bond motifs is 2. The molecule has 0 aliphatic carbocycles. The van der Waals surface area contributed by atoms with Crippen LogP contribution in [0.25, 0.3) is 43.1 Å². The Labute approximate surface area is 454 Å². The van der Waals surface area contributed by atoms with E-state index >= 15 is 0 Å². The number of unbranched alkanes of at least 4 members (excludes halogenated alkanes) is 28. The topological polar surface area (TPSA) is 156 Å². The zero-order valence-corrected chi connectivity index (χ0v) is 46.4. The maximum Gasteiger partial charge on any atom is 0.261 e. The van der Waals surface area contributed by atoms with E-state index in [0.717, 1.165) is 238 Å². The van der Waals surface area contributed by atoms with E-state index in [1.807, 2.05) is 48.5 Å². The highest BCUT2D eigenvalue weighted by molar-refractivity contribution is 6.41. The molecule has 10 nitrogen and oxygen atoms in total. The van der Waals surface area contributed by atoms with Crippen molar-refractivity contribution in [3.05, 3.63) is 70.8 Å². The molecular weight excluding hydrogens is 949 g/mol. The Hall–Kier alpha value is -4.48. The number of hydrogen-bond acceptors (Lipinski definition) is 8. The summed E-state index contributed by atoms with van der Waals surface area (Å²) in [7, 11) is 0. The van der Waals surface area contributed by atoms with E-state index in [4.69, 9.17) is 20.4 Å². The first-order valence-corrected chi connectivity index (χ1v) is 30.8. The minimum atomic E-state index is -0.218. The molecule has 0 radical (unpaired) electrons. The largest absolute Gasteiger partial charge is 0.396 e. The van der Waals surface area contributed by atoms with Gasteiger partial charge in [0, 0.05) is 71.5 Å². The normalized spacial score (nSPS) is 13.8. The van der Waals surface area contributed by atoms with Gasteiger partial charge in [0.15, 0.2) is 0 Å². The van der Waals surface area contributed by atoms with Gasteiger partial charge >= 0.3 is 0 Å². The number of carbonyl (C=O) groups is 4. The van der Waals surface area contributed by atoms with Crippen LogP contribution < -0.4 is 0 Å². The van der Waals surface area contributed by atoms with Crippen molar-refractivity contribution >= 4 is 66.7 Å². The number of benzene rings is 5. The molecule has 0 aromatic heterocycles. The summed E-state index contributed by atoms with van der Waals surface area (Å²) < 4.78 is 0. The van der Waals surface area contributed by atoms with Gasteiger partial charge in [-0.05, 0) is 108 Å². The van der Waals surface area contributed by atoms with Crippen LogP contribution in [-0.2, 0) is 0 Å². The minimum Gasteiger partial charge on any atom is -0.396 e. The fraction of sp³-hybridized carbons (Fsp3) is 0.636. The molecule has 4 N–H and O–H groups in total. The van der Waals surface area contributed by atoms with E-state index in [0.29, 0.717) is 33.0 Å². The Bertz CT molecular complexity index is 2260. The second-order valence-corrected chi connectivity index (χ2v) is 22.8. The molecule has 5 aromatic rings. The van der Waals surface area contributed by atoms with Crippen molar-refractivity contribution in [2.24, 2.45) is 0 Å². The van der Waals surface area contributed by atoms with Crippen LogP contribution in [0.5, 0.6) is 0 Å². The first-order chi connectivity index (χ1) is 37.4. The van der Waals surface area contributed by atoms with Crippen LogP contribution in [-0.4, -0.2) is 92.4 Å². The Morgan fingerprint density at radius 2 is 0.434 bits per heavy atom. The number of aliphatic hydroxyl groups excluding tert-OH is 4. The zero-order valence-electron chi connectivity index (χ0n) is 46.4. The van der Waals surface area contributed by atoms with Crippen molar-refractivity contribution in [1.82, 2.24) is 9.80 Å². The molecule has 10 heteroatoms. The second kappa shape index (κ2) is 31.8. The van der Waals surface area contributed by atoms with Crippen LogP contribution in [0, 0.1) is 0 Å². The van der Waals surface area contributed by atoms with Gasteiger partial charge in [0.2, 0.25) is 0 Å². The van der Waals surface area contributed by atoms with Gasteiger partial charge in [-0.25, -0.2) is 0 Å². The lowest BCUT2D eigenvalue weighted by molar-refractivity contribution is 0.0501. The number of amides is 4. The highest BCUT2D eigenvalue weighted by atomic mass is 16.3. The lowest BCUT2D eigenvalue weighted by Crippen LogP contribution is -2.47. The molecule has 0 unspecified atom stereocenters. The molecular formula is C66H94N2O8. The standard InChI is InChI=1S/C66H94N2O8/c69-45-29-21-13-5-1-9-17-25-33-49(34-26-18-10-2-6-14-22-30-46-70)67-63(73)55-41-37-51-53-39-43-57-62-58(44-40-54(60(53)62)52-38-42-56(64(67)74)61(55)59(51)52)66(76)68(65(57)75)50(35-27-19-11-3-7-15-23-31-47-71)36-28-20-12-4-8-16-24-32-48-72/h37-44,49-50,69-72H,1-36,45-48H2. The fourth-order valence-electron chi connectivity index (χ4n) is 13.0. The number of hydrogen-bond donors (Lipinski definition) is 4. The van der Waals surface area contributed by atoms with Crippen LogP contribution in [0.3, 0.4) is 0 Å². The van der Waals surface area contributed by atoms with E-state index in [-0.39, 0.29) is 62.1 Å². The molecule has 0 fully saturated rings. The molecule has 7 rings (SSSR count). The van der Waals surface area contributed by atoms with Gasteiger partial charge in [0.05, 0.1) is 0 Å². The lowest BCUT2D eigenvalue weighted by Gasteiger charge is -2.35. The minimum absolute atomic E-state index is 0.188. The summed E-state index contributed by atoms with van der Waals surface area (Å²) in [6, 6.07) is 15.4. The predicted molar refractivity (Wildman–Crippen MR) is 311 cm³/mol. The van der Waals surface area contributed by atoms with Crippen molar-refractivity contribution in [1.29, 1.82) is 0 Å². The van der Waals surface area contributed by atoms with Crippen molar-refractivity contribution < 1.29 is 39.6 Å². The van der Waals surface area contributed by atoms with Crippen molar-refractivity contribution in [2.75, 3.05) is 26.4 Å². The maximum atomic E-state index is 14.9. The van der Waals surface area contributed by atoms with Gasteiger partial charge in [0.1, 0.15) is 0 Å². The third kappa shape index (κ3) is 15.0. The first kappa shape index (κ1) is 59.2. The van der Waals surface area contributed by atoms with Gasteiger partial charge < -0.3 is 20.4 Å².